The van der Waals surface area contributed by atoms with Gasteiger partial charge in [0.05, 0.1) is 0 Å². The van der Waals surface area contributed by atoms with Crippen LogP contribution in [0, 0.1) is 0 Å². The fraction of sp³-hybridized carbons (Fsp3) is 0.438. The number of benzene rings is 1. The van der Waals surface area contributed by atoms with Crippen LogP contribution in [0.1, 0.15) is 41.2 Å². The molecule has 0 N–H and O–H groups in total. The van der Waals surface area contributed by atoms with Crippen LogP contribution in [0.4, 0.5) is 5.69 Å². The molecule has 0 saturated carbocycles. The lowest BCUT2D eigenvalue weighted by Gasteiger charge is -2.22. The van der Waals surface area contributed by atoms with Crippen LogP contribution in [0.2, 0.25) is 0 Å². The molecule has 108 valence electrons. The third kappa shape index (κ3) is 5.16. The molecular weight excluding hydrogens is 238 g/mol. The first-order valence-corrected chi connectivity index (χ1v) is 5.82. The Morgan fingerprint density at radius 3 is 2.32 bits per heavy atom. The molecule has 1 aromatic rings. The standard InChI is InChI=1S/C14H19NO2.2CH4/c1-5-12-8-9-13(15(6-2)7-3)10-14(12)17-11(4)16;;/h5,8-10H,1,6-7H2,2-4H3;2*1H4. The van der Waals surface area contributed by atoms with Crippen LogP contribution in [0.5, 0.6) is 5.75 Å². The molecule has 1 aromatic carbocycles. The van der Waals surface area contributed by atoms with E-state index in [-0.39, 0.29) is 20.8 Å². The topological polar surface area (TPSA) is 29.5 Å². The summed E-state index contributed by atoms with van der Waals surface area (Å²) in [6.07, 6.45) is 1.68. The summed E-state index contributed by atoms with van der Waals surface area (Å²) in [6, 6.07) is 5.81. The Bertz CT molecular complexity index is 409. The van der Waals surface area contributed by atoms with Crippen LogP contribution in [0.15, 0.2) is 24.8 Å². The van der Waals surface area contributed by atoms with Gasteiger partial charge in [-0.15, -0.1) is 0 Å². The third-order valence-electron chi connectivity index (χ3n) is 2.60. The van der Waals surface area contributed by atoms with Gasteiger partial charge in [0.1, 0.15) is 5.75 Å². The van der Waals surface area contributed by atoms with E-state index in [9.17, 15) is 4.79 Å². The third-order valence-corrected chi connectivity index (χ3v) is 2.60. The van der Waals surface area contributed by atoms with Crippen molar-refractivity contribution in [2.75, 3.05) is 18.0 Å². The molecule has 0 saturated heterocycles. The molecule has 0 aliphatic carbocycles. The van der Waals surface area contributed by atoms with E-state index in [0.717, 1.165) is 24.3 Å². The van der Waals surface area contributed by atoms with Crippen molar-refractivity contribution < 1.29 is 9.53 Å². The summed E-state index contributed by atoms with van der Waals surface area (Å²) in [6.45, 7) is 11.1. The zero-order valence-electron chi connectivity index (χ0n) is 10.7. The highest BCUT2D eigenvalue weighted by Gasteiger charge is 2.08. The van der Waals surface area contributed by atoms with Gasteiger partial charge in [-0.1, -0.05) is 27.5 Å². The van der Waals surface area contributed by atoms with Crippen molar-refractivity contribution >= 4 is 17.7 Å². The van der Waals surface area contributed by atoms with E-state index in [0.29, 0.717) is 5.75 Å². The van der Waals surface area contributed by atoms with Gasteiger partial charge in [-0.25, -0.2) is 0 Å². The summed E-state index contributed by atoms with van der Waals surface area (Å²) in [5.74, 6) is 0.252. The fourth-order valence-electron chi connectivity index (χ4n) is 1.72. The molecule has 0 radical (unpaired) electrons. The second-order valence-corrected chi connectivity index (χ2v) is 3.69. The van der Waals surface area contributed by atoms with Gasteiger partial charge in [0.25, 0.3) is 0 Å². The monoisotopic (exact) mass is 265 g/mol. The Morgan fingerprint density at radius 1 is 1.32 bits per heavy atom. The molecule has 0 bridgehead atoms. The second kappa shape index (κ2) is 9.20. The van der Waals surface area contributed by atoms with E-state index >= 15 is 0 Å². The molecule has 0 spiro atoms. The van der Waals surface area contributed by atoms with Gasteiger partial charge in [-0.05, 0) is 26.0 Å². The highest BCUT2D eigenvalue weighted by atomic mass is 16.5. The first-order valence-electron chi connectivity index (χ1n) is 5.82. The lowest BCUT2D eigenvalue weighted by atomic mass is 10.1. The predicted molar refractivity (Wildman–Crippen MR) is 84.9 cm³/mol. The summed E-state index contributed by atoms with van der Waals surface area (Å²) in [4.78, 5) is 13.2. The number of nitrogens with zero attached hydrogens (tertiary/aromatic N) is 1. The number of hydrogen-bond donors (Lipinski definition) is 0. The van der Waals surface area contributed by atoms with Crippen molar-refractivity contribution in [2.45, 2.75) is 35.6 Å². The lowest BCUT2D eigenvalue weighted by molar-refractivity contribution is -0.131. The highest BCUT2D eigenvalue weighted by Crippen LogP contribution is 2.26. The molecule has 0 amide bonds. The molecule has 0 aliphatic rings. The Kier molecular flexibility index (Phi) is 9.47. The second-order valence-electron chi connectivity index (χ2n) is 3.69. The number of carbonyl (C=O) groups excluding carboxylic acids is 1. The van der Waals surface area contributed by atoms with Crippen molar-refractivity contribution in [3.05, 3.63) is 30.3 Å². The first kappa shape index (κ1) is 19.6. The highest BCUT2D eigenvalue weighted by molar-refractivity contribution is 5.73. The smallest absolute Gasteiger partial charge is 0.308 e. The van der Waals surface area contributed by atoms with Crippen LogP contribution in [-0.4, -0.2) is 19.1 Å². The summed E-state index contributed by atoms with van der Waals surface area (Å²) < 4.78 is 5.18. The molecule has 19 heavy (non-hydrogen) atoms. The summed E-state index contributed by atoms with van der Waals surface area (Å²) >= 11 is 0. The van der Waals surface area contributed by atoms with Gasteiger partial charge < -0.3 is 9.64 Å². The van der Waals surface area contributed by atoms with Gasteiger partial charge >= 0.3 is 5.97 Å². The van der Waals surface area contributed by atoms with Crippen molar-refractivity contribution in [3.63, 3.8) is 0 Å². The molecule has 0 atom stereocenters. The fourth-order valence-corrected chi connectivity index (χ4v) is 1.72. The SMILES string of the molecule is C.C.C=Cc1ccc(N(CC)CC)cc1OC(C)=O. The maximum absolute atomic E-state index is 11.0. The van der Waals surface area contributed by atoms with Crippen LogP contribution in [-0.2, 0) is 4.79 Å². The molecular formula is C16H27NO2. The van der Waals surface area contributed by atoms with Gasteiger partial charge in [-0.2, -0.15) is 0 Å². The van der Waals surface area contributed by atoms with Crippen molar-refractivity contribution in [1.29, 1.82) is 0 Å². The molecule has 0 aromatic heterocycles. The predicted octanol–water partition coefficient (Wildman–Crippen LogP) is 4.37. The average molecular weight is 265 g/mol. The molecule has 3 heteroatoms. The van der Waals surface area contributed by atoms with Crippen LogP contribution >= 0.6 is 0 Å². The molecule has 0 unspecified atom stereocenters. The lowest BCUT2D eigenvalue weighted by Crippen LogP contribution is -2.21. The zero-order chi connectivity index (χ0) is 12.8. The van der Waals surface area contributed by atoms with E-state index in [1.807, 2.05) is 18.2 Å². The van der Waals surface area contributed by atoms with Gasteiger partial charge in [0.15, 0.2) is 0 Å². The minimum absolute atomic E-state index is 0. The Labute approximate surface area is 117 Å². The molecule has 3 nitrogen and oxygen atoms in total. The van der Waals surface area contributed by atoms with E-state index < -0.39 is 0 Å². The summed E-state index contributed by atoms with van der Waals surface area (Å²) in [5.41, 5.74) is 1.88. The van der Waals surface area contributed by atoms with Gasteiger partial charge in [0, 0.05) is 37.3 Å². The van der Waals surface area contributed by atoms with Crippen LogP contribution < -0.4 is 9.64 Å². The molecule has 0 aliphatic heterocycles. The maximum atomic E-state index is 11.0. The van der Waals surface area contributed by atoms with Crippen molar-refractivity contribution in [2.24, 2.45) is 0 Å². The van der Waals surface area contributed by atoms with Crippen LogP contribution in [0.3, 0.4) is 0 Å². The number of anilines is 1. The van der Waals surface area contributed by atoms with Crippen LogP contribution in [0.25, 0.3) is 6.08 Å². The Morgan fingerprint density at radius 2 is 1.89 bits per heavy atom. The van der Waals surface area contributed by atoms with E-state index in [1.54, 1.807) is 6.08 Å². The summed E-state index contributed by atoms with van der Waals surface area (Å²) in [5, 5.41) is 0. The minimum Gasteiger partial charge on any atom is -0.426 e. The molecule has 0 heterocycles. The maximum Gasteiger partial charge on any atom is 0.308 e. The number of esters is 1. The van der Waals surface area contributed by atoms with E-state index in [4.69, 9.17) is 4.74 Å². The first-order chi connectivity index (χ1) is 8.12. The number of ether oxygens (including phenoxy) is 1. The Balaban J connectivity index is 0. The van der Waals surface area contributed by atoms with E-state index in [1.165, 1.54) is 6.92 Å². The zero-order valence-corrected chi connectivity index (χ0v) is 10.7. The number of hydrogen-bond acceptors (Lipinski definition) is 3. The Hall–Kier alpha value is -1.77. The molecule has 1 rings (SSSR count). The summed E-state index contributed by atoms with van der Waals surface area (Å²) in [7, 11) is 0. The van der Waals surface area contributed by atoms with Gasteiger partial charge in [-0.3, -0.25) is 4.79 Å². The minimum atomic E-state index is -0.315. The normalized spacial score (nSPS) is 8.79. The number of rotatable bonds is 5. The van der Waals surface area contributed by atoms with E-state index in [2.05, 4.69) is 25.3 Å². The largest absolute Gasteiger partial charge is 0.426 e. The number of carbonyl (C=O) groups is 1. The van der Waals surface area contributed by atoms with Gasteiger partial charge in [0.2, 0.25) is 0 Å². The van der Waals surface area contributed by atoms with Crippen molar-refractivity contribution in [3.8, 4) is 5.75 Å². The molecule has 0 fully saturated rings. The van der Waals surface area contributed by atoms with Crippen molar-refractivity contribution in [1.82, 2.24) is 0 Å². The average Bonchev–Trinajstić information content (AvgIpc) is 2.30. The quantitative estimate of drug-likeness (QED) is 0.584.